The van der Waals surface area contributed by atoms with E-state index in [1.54, 1.807) is 13.0 Å². The van der Waals surface area contributed by atoms with Crippen molar-refractivity contribution in [2.75, 3.05) is 16.8 Å². The summed E-state index contributed by atoms with van der Waals surface area (Å²) in [5.74, 6) is -2.67. The summed E-state index contributed by atoms with van der Waals surface area (Å²) in [5.41, 5.74) is 1.43. The van der Waals surface area contributed by atoms with E-state index in [0.717, 1.165) is 28.9 Å². The predicted molar refractivity (Wildman–Crippen MR) is 119 cm³/mol. The van der Waals surface area contributed by atoms with Gasteiger partial charge in [-0.15, -0.1) is 0 Å². The molecule has 2 aromatic rings. The Balaban J connectivity index is 1.56. The third-order valence-corrected chi connectivity index (χ3v) is 7.95. The topological polar surface area (TPSA) is 113 Å². The van der Waals surface area contributed by atoms with Gasteiger partial charge in [0, 0.05) is 23.4 Å². The van der Waals surface area contributed by atoms with Crippen LogP contribution in [0.3, 0.4) is 0 Å². The number of hydrogen-bond donors (Lipinski definition) is 1. The van der Waals surface area contributed by atoms with E-state index < -0.39 is 28.2 Å². The summed E-state index contributed by atoms with van der Waals surface area (Å²) in [4.78, 5) is 55.6. The standard InChI is InChI=1S/C24H22N4O5/c1-12-6-3-7-14-20(12)25-23(31)24(14)19-18(17-10-5-11-26(17)24)21(29)27(22(19)30)15-8-4-9-16(13(15)2)28(32)33/h3-4,6-9,17-19H,5,10-11H2,1-2H3,(H,25,31)/t17-,18-,19-,24-/m1/s1. The van der Waals surface area contributed by atoms with Crippen LogP contribution in [0.1, 0.15) is 29.5 Å². The lowest BCUT2D eigenvalue weighted by Gasteiger charge is -2.36. The second kappa shape index (κ2) is 6.48. The fourth-order valence-electron chi connectivity index (χ4n) is 6.67. The number of hydrogen-bond acceptors (Lipinski definition) is 6. The third-order valence-electron chi connectivity index (χ3n) is 7.95. The first kappa shape index (κ1) is 20.0. The van der Waals surface area contributed by atoms with Crippen LogP contribution in [-0.4, -0.2) is 40.1 Å². The number of imide groups is 1. The monoisotopic (exact) mass is 446 g/mol. The Morgan fingerprint density at radius 1 is 1.09 bits per heavy atom. The number of amides is 3. The van der Waals surface area contributed by atoms with Gasteiger partial charge >= 0.3 is 0 Å². The molecule has 0 radical (unpaired) electrons. The minimum atomic E-state index is -1.25. The predicted octanol–water partition coefficient (Wildman–Crippen LogP) is 2.64. The van der Waals surface area contributed by atoms with Crippen LogP contribution in [0.5, 0.6) is 0 Å². The highest BCUT2D eigenvalue weighted by Gasteiger charge is 2.74. The van der Waals surface area contributed by atoms with Crippen molar-refractivity contribution in [3.63, 3.8) is 0 Å². The summed E-state index contributed by atoms with van der Waals surface area (Å²) in [6.45, 7) is 4.09. The Hall–Kier alpha value is -3.59. The Labute approximate surface area is 189 Å². The number of anilines is 2. The Morgan fingerprint density at radius 3 is 2.61 bits per heavy atom. The molecule has 9 nitrogen and oxygen atoms in total. The number of rotatable bonds is 2. The van der Waals surface area contributed by atoms with Crippen molar-refractivity contribution in [2.24, 2.45) is 11.8 Å². The first-order valence-corrected chi connectivity index (χ1v) is 11.1. The van der Waals surface area contributed by atoms with Gasteiger partial charge in [-0.05, 0) is 44.9 Å². The zero-order chi connectivity index (χ0) is 23.2. The average Bonchev–Trinajstić information content (AvgIpc) is 3.48. The van der Waals surface area contributed by atoms with Crippen molar-refractivity contribution in [1.29, 1.82) is 0 Å². The van der Waals surface area contributed by atoms with E-state index in [1.807, 2.05) is 25.1 Å². The lowest BCUT2D eigenvalue weighted by molar-refractivity contribution is -0.385. The summed E-state index contributed by atoms with van der Waals surface area (Å²) in [7, 11) is 0. The highest BCUT2D eigenvalue weighted by Crippen LogP contribution is 2.61. The van der Waals surface area contributed by atoms with Crippen molar-refractivity contribution in [3.05, 3.63) is 63.2 Å². The van der Waals surface area contributed by atoms with E-state index in [9.17, 15) is 24.5 Å². The lowest BCUT2D eigenvalue weighted by atomic mass is 9.75. The number of carbonyl (C=O) groups is 3. The second-order valence-electron chi connectivity index (χ2n) is 9.31. The number of nitro benzene ring substituents is 1. The van der Waals surface area contributed by atoms with Gasteiger partial charge in [-0.2, -0.15) is 0 Å². The van der Waals surface area contributed by atoms with E-state index in [4.69, 9.17) is 0 Å². The first-order chi connectivity index (χ1) is 15.8. The molecule has 1 N–H and O–H groups in total. The summed E-state index contributed by atoms with van der Waals surface area (Å²) in [6, 6.07) is 9.82. The van der Waals surface area contributed by atoms with Gasteiger partial charge in [-0.1, -0.05) is 24.3 Å². The molecule has 1 spiro atoms. The van der Waals surface area contributed by atoms with Gasteiger partial charge in [0.25, 0.3) is 5.69 Å². The number of fused-ring (bicyclic) bond motifs is 7. The molecule has 4 aliphatic heterocycles. The molecule has 2 aromatic carbocycles. The molecule has 3 amide bonds. The van der Waals surface area contributed by atoms with E-state index >= 15 is 0 Å². The van der Waals surface area contributed by atoms with E-state index in [-0.39, 0.29) is 34.8 Å². The molecular weight excluding hydrogens is 424 g/mol. The number of para-hydroxylation sites is 1. The molecule has 3 fully saturated rings. The highest BCUT2D eigenvalue weighted by atomic mass is 16.6. The van der Waals surface area contributed by atoms with Crippen LogP contribution in [-0.2, 0) is 19.9 Å². The molecule has 0 aliphatic carbocycles. The third kappa shape index (κ3) is 2.22. The van der Waals surface area contributed by atoms with Crippen LogP contribution in [0.4, 0.5) is 17.1 Å². The quantitative estimate of drug-likeness (QED) is 0.431. The van der Waals surface area contributed by atoms with Crippen LogP contribution in [0.15, 0.2) is 36.4 Å². The molecule has 9 heteroatoms. The molecule has 0 aromatic heterocycles. The number of nitrogens with one attached hydrogen (secondary N) is 1. The largest absolute Gasteiger partial charge is 0.324 e. The van der Waals surface area contributed by atoms with E-state index in [2.05, 4.69) is 10.2 Å². The fraction of sp³-hybridized carbons (Fsp3) is 0.375. The molecule has 4 atom stereocenters. The van der Waals surface area contributed by atoms with Crippen LogP contribution in [0, 0.1) is 35.8 Å². The molecule has 4 heterocycles. The summed E-state index contributed by atoms with van der Waals surface area (Å²) >= 11 is 0. The van der Waals surface area contributed by atoms with Gasteiger partial charge < -0.3 is 5.32 Å². The number of nitrogens with zero attached hydrogens (tertiary/aromatic N) is 3. The van der Waals surface area contributed by atoms with Crippen molar-refractivity contribution in [3.8, 4) is 0 Å². The van der Waals surface area contributed by atoms with Gasteiger partial charge in [-0.25, -0.2) is 4.90 Å². The summed E-state index contributed by atoms with van der Waals surface area (Å²) < 4.78 is 0. The van der Waals surface area contributed by atoms with Gasteiger partial charge in [0.1, 0.15) is 5.54 Å². The molecule has 0 saturated carbocycles. The van der Waals surface area contributed by atoms with E-state index in [0.29, 0.717) is 12.2 Å². The number of nitro groups is 1. The van der Waals surface area contributed by atoms with Gasteiger partial charge in [0.2, 0.25) is 17.7 Å². The Bertz CT molecular complexity index is 1290. The molecule has 0 bridgehead atoms. The fourth-order valence-corrected chi connectivity index (χ4v) is 6.67. The van der Waals surface area contributed by atoms with Crippen LogP contribution in [0.25, 0.3) is 0 Å². The zero-order valence-corrected chi connectivity index (χ0v) is 18.2. The maximum Gasteiger partial charge on any atom is 0.274 e. The molecule has 0 unspecified atom stereocenters. The number of benzene rings is 2. The summed E-state index contributed by atoms with van der Waals surface area (Å²) in [5, 5.41) is 14.5. The van der Waals surface area contributed by atoms with Crippen LogP contribution < -0.4 is 10.2 Å². The molecule has 4 aliphatic rings. The summed E-state index contributed by atoms with van der Waals surface area (Å²) in [6.07, 6.45) is 1.56. The highest BCUT2D eigenvalue weighted by molar-refractivity contribution is 6.26. The Kier molecular flexibility index (Phi) is 3.93. The molecule has 168 valence electrons. The van der Waals surface area contributed by atoms with Gasteiger partial charge in [-0.3, -0.25) is 29.4 Å². The lowest BCUT2D eigenvalue weighted by Crippen LogP contribution is -2.54. The van der Waals surface area contributed by atoms with Crippen molar-refractivity contribution in [1.82, 2.24) is 4.90 Å². The second-order valence-corrected chi connectivity index (χ2v) is 9.31. The van der Waals surface area contributed by atoms with E-state index in [1.165, 1.54) is 12.1 Å². The molecule has 33 heavy (non-hydrogen) atoms. The molecule has 3 saturated heterocycles. The smallest absolute Gasteiger partial charge is 0.274 e. The van der Waals surface area contributed by atoms with Crippen LogP contribution >= 0.6 is 0 Å². The van der Waals surface area contributed by atoms with Crippen molar-refractivity contribution < 1.29 is 19.3 Å². The number of carbonyl (C=O) groups excluding carboxylic acids is 3. The first-order valence-electron chi connectivity index (χ1n) is 11.1. The molecular formula is C24H22N4O5. The van der Waals surface area contributed by atoms with Gasteiger partial charge in [0.15, 0.2) is 0 Å². The maximum absolute atomic E-state index is 14.0. The van der Waals surface area contributed by atoms with Gasteiger partial charge in [0.05, 0.1) is 28.0 Å². The normalized spacial score (nSPS) is 30.1. The molecule has 6 rings (SSSR count). The minimum Gasteiger partial charge on any atom is -0.324 e. The van der Waals surface area contributed by atoms with Crippen molar-refractivity contribution >= 4 is 34.8 Å². The average molecular weight is 446 g/mol. The van der Waals surface area contributed by atoms with Crippen LogP contribution in [0.2, 0.25) is 0 Å². The maximum atomic E-state index is 14.0. The SMILES string of the molecule is Cc1cccc2c1NC(=O)[C@]21[C@H]2C(=O)N(c3cccc([N+](=O)[O-])c3C)C(=O)[C@@H]2[C@H]2CCCN21. The zero-order valence-electron chi connectivity index (χ0n) is 18.2. The Morgan fingerprint density at radius 2 is 1.85 bits per heavy atom. The number of aryl methyl sites for hydroxylation is 1. The minimum absolute atomic E-state index is 0.151. The van der Waals surface area contributed by atoms with Crippen molar-refractivity contribution in [2.45, 2.75) is 38.3 Å².